The normalized spacial score (nSPS) is 20.5. The van der Waals surface area contributed by atoms with Crippen molar-refractivity contribution in [3.63, 3.8) is 0 Å². The fraction of sp³-hybridized carbons (Fsp3) is 0.429. The van der Waals surface area contributed by atoms with Crippen LogP contribution >= 0.6 is 0 Å². The molecule has 2 heterocycles. The Labute approximate surface area is 72.7 Å². The van der Waals surface area contributed by atoms with Gasteiger partial charge in [0.15, 0.2) is 11.9 Å². The summed E-state index contributed by atoms with van der Waals surface area (Å²) in [5.74, 6) is -0.827. The van der Waals surface area contributed by atoms with E-state index in [2.05, 4.69) is 5.10 Å². The van der Waals surface area contributed by atoms with Gasteiger partial charge in [0.25, 0.3) is 0 Å². The molecule has 0 bridgehead atoms. The van der Waals surface area contributed by atoms with Crippen molar-refractivity contribution in [2.75, 3.05) is 6.61 Å². The van der Waals surface area contributed by atoms with Gasteiger partial charge in [0.2, 0.25) is 5.88 Å². The van der Waals surface area contributed by atoms with Gasteiger partial charge in [-0.05, 0) is 0 Å². The lowest BCUT2D eigenvalue weighted by Crippen LogP contribution is -2.26. The molecule has 5 nitrogen and oxygen atoms in total. The van der Waals surface area contributed by atoms with Crippen LogP contribution in [0.25, 0.3) is 0 Å². The molecular weight excluding hydrogens is 179 g/mol. The molecule has 0 amide bonds. The zero-order valence-electron chi connectivity index (χ0n) is 6.61. The molecule has 0 aromatic carbocycles. The van der Waals surface area contributed by atoms with Gasteiger partial charge in [-0.15, -0.1) is 0 Å². The average Bonchev–Trinajstić information content (AvgIpc) is 2.46. The molecule has 0 aliphatic carbocycles. The molecular formula is C7H7FN2O3. The number of carbonyl (C=O) groups is 1. The lowest BCUT2D eigenvalue weighted by atomic mass is 10.4. The summed E-state index contributed by atoms with van der Waals surface area (Å²) >= 11 is 0. The van der Waals surface area contributed by atoms with Gasteiger partial charge in [-0.1, -0.05) is 0 Å². The molecule has 13 heavy (non-hydrogen) atoms. The summed E-state index contributed by atoms with van der Waals surface area (Å²) < 4.78 is 18.9. The second-order valence-corrected chi connectivity index (χ2v) is 2.76. The minimum atomic E-state index is -1.14. The number of rotatable bonds is 1. The molecule has 70 valence electrons. The van der Waals surface area contributed by atoms with Crippen LogP contribution in [-0.4, -0.2) is 33.6 Å². The number of alkyl halides is 1. The molecule has 0 saturated heterocycles. The monoisotopic (exact) mass is 186 g/mol. The molecule has 1 aliphatic rings. The minimum absolute atomic E-state index is 0.0370. The molecule has 0 radical (unpaired) electrons. The Balaban J connectivity index is 2.33. The number of carboxylic acids is 1. The molecule has 1 atom stereocenters. The van der Waals surface area contributed by atoms with E-state index in [0.717, 1.165) is 0 Å². The number of aromatic carboxylic acids is 1. The zero-order valence-corrected chi connectivity index (χ0v) is 6.61. The van der Waals surface area contributed by atoms with Crippen molar-refractivity contribution >= 4 is 5.97 Å². The van der Waals surface area contributed by atoms with Crippen LogP contribution in [0.2, 0.25) is 0 Å². The van der Waals surface area contributed by atoms with Gasteiger partial charge in [-0.3, -0.25) is 0 Å². The zero-order chi connectivity index (χ0) is 9.42. The molecule has 1 N–H and O–H groups in total. The highest BCUT2D eigenvalue weighted by Gasteiger charge is 2.22. The Hall–Kier alpha value is -1.59. The minimum Gasteiger partial charge on any atom is -0.476 e. The highest BCUT2D eigenvalue weighted by Crippen LogP contribution is 2.19. The van der Waals surface area contributed by atoms with Crippen LogP contribution in [0.1, 0.15) is 10.5 Å². The van der Waals surface area contributed by atoms with E-state index in [1.165, 1.54) is 10.7 Å². The number of carboxylic acid groups (broad SMARTS) is 1. The predicted molar refractivity (Wildman–Crippen MR) is 39.6 cm³/mol. The lowest BCUT2D eigenvalue weighted by molar-refractivity contribution is 0.0688. The number of halogens is 1. The Morgan fingerprint density at radius 2 is 2.62 bits per heavy atom. The maximum Gasteiger partial charge on any atom is 0.356 e. The van der Waals surface area contributed by atoms with Gasteiger partial charge in [0.05, 0.1) is 6.54 Å². The second kappa shape index (κ2) is 2.72. The summed E-state index contributed by atoms with van der Waals surface area (Å²) in [4.78, 5) is 10.5. The van der Waals surface area contributed by atoms with E-state index in [9.17, 15) is 9.18 Å². The number of fused-ring (bicyclic) bond motifs is 1. The van der Waals surface area contributed by atoms with E-state index < -0.39 is 12.1 Å². The molecule has 1 aliphatic heterocycles. The molecule has 2 rings (SSSR count). The van der Waals surface area contributed by atoms with Crippen molar-refractivity contribution in [3.8, 4) is 5.88 Å². The van der Waals surface area contributed by atoms with Crippen LogP contribution in [-0.2, 0) is 6.54 Å². The summed E-state index contributed by atoms with van der Waals surface area (Å²) in [6.07, 6.45) is -1.12. The van der Waals surface area contributed by atoms with Crippen molar-refractivity contribution in [1.82, 2.24) is 9.78 Å². The molecule has 0 saturated carbocycles. The Morgan fingerprint density at radius 1 is 1.85 bits per heavy atom. The Morgan fingerprint density at radius 3 is 3.31 bits per heavy atom. The van der Waals surface area contributed by atoms with Gasteiger partial charge in [-0.25, -0.2) is 13.9 Å². The highest BCUT2D eigenvalue weighted by atomic mass is 19.1. The molecule has 1 aromatic rings. The number of nitrogens with zero attached hydrogens (tertiary/aromatic N) is 2. The average molecular weight is 186 g/mol. The van der Waals surface area contributed by atoms with E-state index in [-0.39, 0.29) is 18.8 Å². The van der Waals surface area contributed by atoms with Crippen molar-refractivity contribution in [2.45, 2.75) is 12.7 Å². The van der Waals surface area contributed by atoms with Crippen LogP contribution in [0.5, 0.6) is 5.88 Å². The predicted octanol–water partition coefficient (Wildman–Crippen LogP) is 0.312. The smallest absolute Gasteiger partial charge is 0.356 e. The molecule has 1 aromatic heterocycles. The maximum absolute atomic E-state index is 12.7. The summed E-state index contributed by atoms with van der Waals surface area (Å²) in [6.45, 7) is 0.0212. The van der Waals surface area contributed by atoms with Gasteiger partial charge in [0, 0.05) is 6.07 Å². The first-order valence-electron chi connectivity index (χ1n) is 3.75. The van der Waals surface area contributed by atoms with E-state index in [4.69, 9.17) is 9.84 Å². The molecule has 0 spiro atoms. The molecule has 6 heteroatoms. The third kappa shape index (κ3) is 1.34. The van der Waals surface area contributed by atoms with Crippen LogP contribution in [0, 0.1) is 0 Å². The molecule has 0 fully saturated rings. The fourth-order valence-electron chi connectivity index (χ4n) is 1.17. The largest absolute Gasteiger partial charge is 0.476 e. The van der Waals surface area contributed by atoms with Crippen LogP contribution in [0.15, 0.2) is 6.07 Å². The first-order valence-corrected chi connectivity index (χ1v) is 3.75. The summed E-state index contributed by atoms with van der Waals surface area (Å²) in [6, 6.07) is 1.29. The van der Waals surface area contributed by atoms with Gasteiger partial charge < -0.3 is 9.84 Å². The van der Waals surface area contributed by atoms with Crippen molar-refractivity contribution in [1.29, 1.82) is 0 Å². The maximum atomic E-state index is 12.7. The number of ether oxygens (including phenoxy) is 1. The van der Waals surface area contributed by atoms with E-state index in [1.807, 2.05) is 0 Å². The lowest BCUT2D eigenvalue weighted by Gasteiger charge is -2.17. The number of hydrogen-bond donors (Lipinski definition) is 1. The first-order chi connectivity index (χ1) is 6.16. The Kier molecular flexibility index (Phi) is 1.68. The van der Waals surface area contributed by atoms with Crippen molar-refractivity contribution in [3.05, 3.63) is 11.8 Å². The molecule has 0 unspecified atom stereocenters. The van der Waals surface area contributed by atoms with Gasteiger partial charge >= 0.3 is 5.97 Å². The number of hydrogen-bond acceptors (Lipinski definition) is 3. The van der Waals surface area contributed by atoms with Crippen LogP contribution in [0.4, 0.5) is 4.39 Å². The Bertz CT molecular complexity index is 350. The highest BCUT2D eigenvalue weighted by molar-refractivity contribution is 5.85. The van der Waals surface area contributed by atoms with Gasteiger partial charge in [-0.2, -0.15) is 5.10 Å². The fourth-order valence-corrected chi connectivity index (χ4v) is 1.17. The topological polar surface area (TPSA) is 64.3 Å². The van der Waals surface area contributed by atoms with E-state index >= 15 is 0 Å². The van der Waals surface area contributed by atoms with E-state index in [0.29, 0.717) is 5.88 Å². The van der Waals surface area contributed by atoms with Crippen molar-refractivity contribution in [2.24, 2.45) is 0 Å². The summed E-state index contributed by atoms with van der Waals surface area (Å²) in [5.41, 5.74) is -0.121. The first kappa shape index (κ1) is 8.03. The standard InChI is InChI=1S/C7H7FN2O3/c8-4-2-10-6(13-3-4)1-5(9-10)7(11)12/h1,4H,2-3H2,(H,11,12)/t4-/m0/s1. The van der Waals surface area contributed by atoms with Crippen LogP contribution in [0.3, 0.4) is 0 Å². The van der Waals surface area contributed by atoms with Gasteiger partial charge in [0.1, 0.15) is 6.61 Å². The number of aromatic nitrogens is 2. The second-order valence-electron chi connectivity index (χ2n) is 2.76. The van der Waals surface area contributed by atoms with E-state index in [1.54, 1.807) is 0 Å². The third-order valence-corrected chi connectivity index (χ3v) is 1.75. The SMILES string of the molecule is O=C(O)c1cc2n(n1)C[C@H](F)CO2. The van der Waals surface area contributed by atoms with Crippen molar-refractivity contribution < 1.29 is 19.0 Å². The quantitative estimate of drug-likeness (QED) is 0.685. The third-order valence-electron chi connectivity index (χ3n) is 1.75. The van der Waals surface area contributed by atoms with Crippen LogP contribution < -0.4 is 4.74 Å². The summed E-state index contributed by atoms with van der Waals surface area (Å²) in [7, 11) is 0. The summed E-state index contributed by atoms with van der Waals surface area (Å²) in [5, 5.41) is 12.2.